The third-order valence-electron chi connectivity index (χ3n) is 1.29. The van der Waals surface area contributed by atoms with Crippen molar-refractivity contribution in [2.75, 3.05) is 6.67 Å². The van der Waals surface area contributed by atoms with Gasteiger partial charge in [0.15, 0.2) is 0 Å². The third-order valence-corrected chi connectivity index (χ3v) is 1.29. The molecule has 4 heteroatoms. The van der Waals surface area contributed by atoms with Crippen LogP contribution in [0.2, 0.25) is 0 Å². The summed E-state index contributed by atoms with van der Waals surface area (Å²) >= 11 is 0. The normalized spacial score (nSPS) is 13.5. The molecule has 0 saturated carbocycles. The molecule has 0 N–H and O–H groups in total. The summed E-state index contributed by atoms with van der Waals surface area (Å²) in [5.74, 6) is 0. The maximum Gasteiger partial charge on any atom is 0.205 e. The lowest BCUT2D eigenvalue weighted by atomic mass is 10.5. The smallest absolute Gasteiger partial charge is 0.205 e. The summed E-state index contributed by atoms with van der Waals surface area (Å²) in [5.41, 5.74) is 0.630. The highest BCUT2D eigenvalue weighted by atomic mass is 19.2. The fraction of sp³-hybridized carbons (Fsp3) is 0.500. The van der Waals surface area contributed by atoms with Gasteiger partial charge >= 0.3 is 0 Å². The molecule has 1 rings (SSSR count). The van der Waals surface area contributed by atoms with E-state index in [1.165, 1.54) is 12.5 Å². The van der Waals surface area contributed by atoms with E-state index >= 15 is 0 Å². The van der Waals surface area contributed by atoms with Crippen molar-refractivity contribution < 1.29 is 8.78 Å². The number of hydrogen-bond donors (Lipinski definition) is 0. The lowest BCUT2D eigenvalue weighted by Crippen LogP contribution is -2.05. The molecule has 0 saturated heterocycles. The van der Waals surface area contributed by atoms with Crippen LogP contribution in [0, 0.1) is 6.92 Å². The van der Waals surface area contributed by atoms with Crippen molar-refractivity contribution >= 4 is 0 Å². The highest BCUT2D eigenvalue weighted by Gasteiger charge is 2.08. The number of aromatic nitrogens is 2. The van der Waals surface area contributed by atoms with E-state index in [9.17, 15) is 8.78 Å². The highest BCUT2D eigenvalue weighted by Crippen LogP contribution is 2.10. The number of hydrogen-bond acceptors (Lipinski definition) is 1. The number of halogens is 2. The monoisotopic (exact) mass is 146 g/mol. The first kappa shape index (κ1) is 7.18. The van der Waals surface area contributed by atoms with Gasteiger partial charge in [0, 0.05) is 11.9 Å². The molecular formula is C6H8F2N2. The summed E-state index contributed by atoms with van der Waals surface area (Å²) in [5, 5.41) is 0. The largest absolute Gasteiger partial charge is 0.302 e. The molecular weight excluding hydrogens is 138 g/mol. The number of rotatable bonds is 2. The number of aryl methyl sites for hydroxylation is 1. The van der Waals surface area contributed by atoms with Crippen LogP contribution in [0.3, 0.4) is 0 Å². The maximum absolute atomic E-state index is 12.5. The first-order chi connectivity index (χ1) is 4.75. The lowest BCUT2D eigenvalue weighted by molar-refractivity contribution is 0.184. The predicted octanol–water partition coefficient (Wildman–Crippen LogP) is 1.63. The summed E-state index contributed by atoms with van der Waals surface area (Å²) in [6.45, 7) is 0.673. The summed E-state index contributed by atoms with van der Waals surface area (Å²) in [7, 11) is 0. The maximum atomic E-state index is 12.5. The predicted molar refractivity (Wildman–Crippen MR) is 33.1 cm³/mol. The molecule has 0 aliphatic heterocycles. The topological polar surface area (TPSA) is 17.8 Å². The van der Waals surface area contributed by atoms with Gasteiger partial charge in [-0.05, 0) is 6.92 Å². The van der Waals surface area contributed by atoms with Crippen LogP contribution in [0.15, 0.2) is 12.5 Å². The summed E-state index contributed by atoms with van der Waals surface area (Å²) in [4.78, 5) is 3.65. The van der Waals surface area contributed by atoms with Crippen LogP contribution in [0.5, 0.6) is 0 Å². The molecule has 2 nitrogen and oxygen atoms in total. The minimum Gasteiger partial charge on any atom is -0.302 e. The quantitative estimate of drug-likeness (QED) is 0.620. The minimum atomic E-state index is -1.58. The minimum absolute atomic E-state index is 0.630. The Hall–Kier alpha value is -0.930. The molecule has 1 aromatic rings. The van der Waals surface area contributed by atoms with E-state index in [-0.39, 0.29) is 0 Å². The van der Waals surface area contributed by atoms with Crippen LogP contribution >= 0.6 is 0 Å². The molecule has 0 aromatic carbocycles. The average Bonchev–Trinajstić information content (AvgIpc) is 2.34. The Labute approximate surface area is 57.5 Å². The van der Waals surface area contributed by atoms with Crippen molar-refractivity contribution in [1.29, 1.82) is 0 Å². The van der Waals surface area contributed by atoms with Gasteiger partial charge in [0.25, 0.3) is 0 Å². The molecule has 0 bridgehead atoms. The molecule has 10 heavy (non-hydrogen) atoms. The van der Waals surface area contributed by atoms with Crippen LogP contribution in [-0.4, -0.2) is 16.2 Å². The Bertz CT molecular complexity index is 209. The van der Waals surface area contributed by atoms with E-state index in [2.05, 4.69) is 4.98 Å². The Kier molecular flexibility index (Phi) is 1.99. The van der Waals surface area contributed by atoms with Crippen LogP contribution in [-0.2, 0) is 0 Å². The number of nitrogens with zero attached hydrogens (tertiary/aromatic N) is 2. The Balaban J connectivity index is 2.82. The zero-order valence-corrected chi connectivity index (χ0v) is 5.59. The second kappa shape index (κ2) is 2.77. The molecule has 0 aliphatic carbocycles. The van der Waals surface area contributed by atoms with Gasteiger partial charge in [-0.15, -0.1) is 0 Å². The second-order valence-electron chi connectivity index (χ2n) is 2.03. The van der Waals surface area contributed by atoms with Gasteiger partial charge in [-0.25, -0.2) is 13.8 Å². The van der Waals surface area contributed by atoms with Crippen molar-refractivity contribution in [3.63, 3.8) is 0 Å². The first-order valence-corrected chi connectivity index (χ1v) is 2.94. The van der Waals surface area contributed by atoms with Crippen LogP contribution in [0.1, 0.15) is 12.0 Å². The Morgan fingerprint density at radius 3 is 2.90 bits per heavy atom. The molecule has 1 heterocycles. The summed E-state index contributed by atoms with van der Waals surface area (Å²) < 4.78 is 25.4. The lowest BCUT2D eigenvalue weighted by Gasteiger charge is -2.05. The van der Waals surface area contributed by atoms with Crippen molar-refractivity contribution in [3.8, 4) is 0 Å². The Morgan fingerprint density at radius 2 is 2.50 bits per heavy atom. The molecule has 0 amide bonds. The third kappa shape index (κ3) is 1.15. The molecule has 0 radical (unpaired) electrons. The number of alkyl halides is 2. The van der Waals surface area contributed by atoms with Gasteiger partial charge in [0.1, 0.15) is 6.67 Å². The molecule has 0 aliphatic rings. The van der Waals surface area contributed by atoms with Crippen molar-refractivity contribution in [1.82, 2.24) is 9.55 Å². The zero-order valence-electron chi connectivity index (χ0n) is 5.59. The van der Waals surface area contributed by atoms with Crippen molar-refractivity contribution in [2.24, 2.45) is 0 Å². The number of imidazole rings is 1. The van der Waals surface area contributed by atoms with Gasteiger partial charge in [-0.2, -0.15) is 0 Å². The molecule has 1 atom stereocenters. The molecule has 0 fully saturated rings. The first-order valence-electron chi connectivity index (χ1n) is 2.94. The summed E-state index contributed by atoms with van der Waals surface area (Å²) in [6.07, 6.45) is 1.18. The van der Waals surface area contributed by atoms with Crippen LogP contribution in [0.25, 0.3) is 0 Å². The Morgan fingerprint density at radius 1 is 1.80 bits per heavy atom. The molecule has 56 valence electrons. The van der Waals surface area contributed by atoms with Crippen LogP contribution < -0.4 is 0 Å². The standard InChI is InChI=1S/C6H8F2N2/c1-5-3-9-4-10(5)6(8)2-7/h3-4,6H,2H2,1H3. The molecule has 1 unspecified atom stereocenters. The van der Waals surface area contributed by atoms with Crippen molar-refractivity contribution in [3.05, 3.63) is 18.2 Å². The van der Waals surface area contributed by atoms with E-state index in [1.807, 2.05) is 0 Å². The SMILES string of the molecule is Cc1cncn1C(F)CF. The van der Waals surface area contributed by atoms with Crippen molar-refractivity contribution in [2.45, 2.75) is 13.2 Å². The van der Waals surface area contributed by atoms with E-state index in [4.69, 9.17) is 0 Å². The molecule has 0 spiro atoms. The fourth-order valence-corrected chi connectivity index (χ4v) is 0.738. The van der Waals surface area contributed by atoms with Gasteiger partial charge in [0.2, 0.25) is 6.30 Å². The zero-order chi connectivity index (χ0) is 7.56. The van der Waals surface area contributed by atoms with Gasteiger partial charge in [-0.1, -0.05) is 0 Å². The molecule has 1 aromatic heterocycles. The average molecular weight is 146 g/mol. The fourth-order valence-electron chi connectivity index (χ4n) is 0.738. The second-order valence-corrected chi connectivity index (χ2v) is 2.03. The van der Waals surface area contributed by atoms with E-state index < -0.39 is 13.0 Å². The van der Waals surface area contributed by atoms with E-state index in [0.717, 1.165) is 4.57 Å². The van der Waals surface area contributed by atoms with Gasteiger partial charge in [-0.3, -0.25) is 0 Å². The highest BCUT2D eigenvalue weighted by molar-refractivity contribution is 4.95. The van der Waals surface area contributed by atoms with E-state index in [0.29, 0.717) is 5.69 Å². The van der Waals surface area contributed by atoms with Gasteiger partial charge in [0.05, 0.1) is 6.33 Å². The van der Waals surface area contributed by atoms with E-state index in [1.54, 1.807) is 6.92 Å². The summed E-state index contributed by atoms with van der Waals surface area (Å²) in [6, 6.07) is 0. The van der Waals surface area contributed by atoms with Crippen LogP contribution in [0.4, 0.5) is 8.78 Å². The van der Waals surface area contributed by atoms with Gasteiger partial charge < -0.3 is 4.57 Å².